The molecule has 2 N–H and O–H groups in total. The quantitative estimate of drug-likeness (QED) is 0.173. The van der Waals surface area contributed by atoms with E-state index in [2.05, 4.69) is 12.8 Å². The SMILES string of the molecule is C#CCC1=C(C)N(C(N)=O)C(C)=C(C(=O)OCCCCCCC)C1c1ccccc1[N+](=O)[O-]. The van der Waals surface area contributed by atoms with Crippen LogP contribution in [0.4, 0.5) is 10.5 Å². The minimum atomic E-state index is -0.828. The van der Waals surface area contributed by atoms with Crippen LogP contribution in [0.5, 0.6) is 0 Å². The number of nitrogens with two attached hydrogens (primary N) is 1. The van der Waals surface area contributed by atoms with Gasteiger partial charge in [-0.15, -0.1) is 12.3 Å². The first-order valence-corrected chi connectivity index (χ1v) is 11.1. The molecular weight excluding hydrogens is 422 g/mol. The van der Waals surface area contributed by atoms with Crippen molar-refractivity contribution in [3.8, 4) is 12.3 Å². The fraction of sp³-hybridized carbons (Fsp3) is 0.440. The first-order valence-electron chi connectivity index (χ1n) is 11.1. The van der Waals surface area contributed by atoms with E-state index in [0.717, 1.165) is 25.7 Å². The number of ether oxygens (including phenoxy) is 1. The number of nitro benzene ring substituents is 1. The molecule has 1 aromatic rings. The monoisotopic (exact) mass is 453 g/mol. The van der Waals surface area contributed by atoms with Crippen LogP contribution in [0.2, 0.25) is 0 Å². The van der Waals surface area contributed by atoms with Gasteiger partial charge in [-0.2, -0.15) is 0 Å². The molecule has 8 heteroatoms. The van der Waals surface area contributed by atoms with E-state index in [1.54, 1.807) is 32.0 Å². The lowest BCUT2D eigenvalue weighted by molar-refractivity contribution is -0.385. The average molecular weight is 454 g/mol. The van der Waals surface area contributed by atoms with Crippen molar-refractivity contribution >= 4 is 17.7 Å². The van der Waals surface area contributed by atoms with Gasteiger partial charge in [0.2, 0.25) is 0 Å². The molecule has 2 amide bonds. The Morgan fingerprint density at radius 1 is 1.18 bits per heavy atom. The van der Waals surface area contributed by atoms with Crippen molar-refractivity contribution in [3.05, 3.63) is 62.5 Å². The van der Waals surface area contributed by atoms with Gasteiger partial charge in [-0.1, -0.05) is 50.8 Å². The van der Waals surface area contributed by atoms with Gasteiger partial charge < -0.3 is 10.5 Å². The highest BCUT2D eigenvalue weighted by Crippen LogP contribution is 2.45. The van der Waals surface area contributed by atoms with Crippen LogP contribution in [0.1, 0.15) is 70.8 Å². The van der Waals surface area contributed by atoms with Crippen LogP contribution in [-0.4, -0.2) is 28.4 Å². The first kappa shape index (κ1) is 25.7. The number of nitrogens with zero attached hydrogens (tertiary/aromatic N) is 2. The van der Waals surface area contributed by atoms with Crippen LogP contribution < -0.4 is 5.73 Å². The van der Waals surface area contributed by atoms with Gasteiger partial charge in [-0.25, -0.2) is 9.59 Å². The largest absolute Gasteiger partial charge is 0.462 e. The van der Waals surface area contributed by atoms with Crippen LogP contribution in [0.3, 0.4) is 0 Å². The molecule has 0 fully saturated rings. The molecule has 1 unspecified atom stereocenters. The van der Waals surface area contributed by atoms with E-state index in [-0.39, 0.29) is 30.0 Å². The van der Waals surface area contributed by atoms with Gasteiger partial charge in [0.25, 0.3) is 5.69 Å². The molecule has 8 nitrogen and oxygen atoms in total. The molecule has 1 heterocycles. The van der Waals surface area contributed by atoms with E-state index in [9.17, 15) is 19.7 Å². The lowest BCUT2D eigenvalue weighted by Gasteiger charge is -2.36. The number of carbonyl (C=O) groups is 2. The minimum absolute atomic E-state index is 0.0768. The number of esters is 1. The second kappa shape index (κ2) is 11.9. The zero-order valence-corrected chi connectivity index (χ0v) is 19.4. The molecule has 0 radical (unpaired) electrons. The Balaban J connectivity index is 2.56. The molecule has 1 aliphatic rings. The highest BCUT2D eigenvalue weighted by atomic mass is 16.6. The van der Waals surface area contributed by atoms with Crippen molar-refractivity contribution < 1.29 is 19.2 Å². The topological polar surface area (TPSA) is 116 Å². The number of rotatable bonds is 10. The Bertz CT molecular complexity index is 1020. The molecule has 0 spiro atoms. The first-order chi connectivity index (χ1) is 15.8. The van der Waals surface area contributed by atoms with Crippen LogP contribution in [0.15, 0.2) is 46.8 Å². The van der Waals surface area contributed by atoms with Crippen molar-refractivity contribution in [2.75, 3.05) is 6.61 Å². The number of hydrogen-bond acceptors (Lipinski definition) is 5. The molecule has 0 saturated heterocycles. The summed E-state index contributed by atoms with van der Waals surface area (Å²) in [6.07, 6.45) is 10.6. The number of unbranched alkanes of at least 4 members (excludes halogenated alkanes) is 4. The van der Waals surface area contributed by atoms with E-state index in [1.165, 1.54) is 11.0 Å². The lowest BCUT2D eigenvalue weighted by atomic mass is 9.78. The fourth-order valence-corrected chi connectivity index (χ4v) is 4.23. The van der Waals surface area contributed by atoms with E-state index in [1.807, 2.05) is 0 Å². The second-order valence-corrected chi connectivity index (χ2v) is 7.96. The number of para-hydroxylation sites is 1. The third-order valence-corrected chi connectivity index (χ3v) is 5.82. The van der Waals surface area contributed by atoms with Crippen molar-refractivity contribution in [1.82, 2.24) is 4.90 Å². The number of benzene rings is 1. The Kier molecular flexibility index (Phi) is 9.22. The number of primary amides is 1. The number of allylic oxidation sites excluding steroid dienone is 3. The predicted octanol–water partition coefficient (Wildman–Crippen LogP) is 5.16. The Morgan fingerprint density at radius 2 is 1.85 bits per heavy atom. The molecule has 2 rings (SSSR count). The molecule has 0 aliphatic carbocycles. The Labute approximate surface area is 194 Å². The van der Waals surface area contributed by atoms with Crippen molar-refractivity contribution in [3.63, 3.8) is 0 Å². The maximum absolute atomic E-state index is 13.3. The Hall–Kier alpha value is -3.60. The Morgan fingerprint density at radius 3 is 2.45 bits per heavy atom. The van der Waals surface area contributed by atoms with Gasteiger partial charge in [0.05, 0.1) is 17.1 Å². The molecule has 0 aromatic heterocycles. The van der Waals surface area contributed by atoms with E-state index >= 15 is 0 Å². The normalized spacial score (nSPS) is 15.9. The van der Waals surface area contributed by atoms with Crippen molar-refractivity contribution in [1.29, 1.82) is 0 Å². The number of urea groups is 1. The highest BCUT2D eigenvalue weighted by Gasteiger charge is 2.40. The minimum Gasteiger partial charge on any atom is -0.462 e. The summed E-state index contributed by atoms with van der Waals surface area (Å²) in [5, 5.41) is 11.8. The van der Waals surface area contributed by atoms with E-state index < -0.39 is 22.8 Å². The average Bonchev–Trinajstić information content (AvgIpc) is 2.77. The summed E-state index contributed by atoms with van der Waals surface area (Å²) < 4.78 is 5.55. The molecule has 176 valence electrons. The zero-order chi connectivity index (χ0) is 24.5. The molecule has 1 aliphatic heterocycles. The standard InChI is InChI=1S/C25H31N3O5/c1-5-7-8-9-12-16-33-24(29)22-18(4)27(25(26)30)17(3)19(13-6-2)23(22)20-14-10-11-15-21(20)28(31)32/h2,10-11,14-15,23H,5,7-9,12-13,16H2,1,3-4H3,(H2,26,30). The van der Waals surface area contributed by atoms with Crippen molar-refractivity contribution in [2.45, 2.75) is 65.2 Å². The summed E-state index contributed by atoms with van der Waals surface area (Å²) in [6, 6.07) is 5.42. The summed E-state index contributed by atoms with van der Waals surface area (Å²) in [7, 11) is 0. The van der Waals surface area contributed by atoms with E-state index in [4.69, 9.17) is 16.9 Å². The molecular formula is C25H31N3O5. The number of carbonyl (C=O) groups excluding carboxylic acids is 2. The van der Waals surface area contributed by atoms with Crippen LogP contribution in [0.25, 0.3) is 0 Å². The number of hydrogen-bond donors (Lipinski definition) is 1. The van der Waals surface area contributed by atoms with Crippen LogP contribution in [0, 0.1) is 22.5 Å². The molecule has 0 saturated carbocycles. The number of nitro groups is 1. The summed E-state index contributed by atoms with van der Waals surface area (Å²) in [6.45, 7) is 5.58. The van der Waals surface area contributed by atoms with Gasteiger partial charge in [-0.05, 0) is 25.8 Å². The van der Waals surface area contributed by atoms with Crippen LogP contribution >= 0.6 is 0 Å². The van der Waals surface area contributed by atoms with Crippen LogP contribution in [-0.2, 0) is 9.53 Å². The fourth-order valence-electron chi connectivity index (χ4n) is 4.23. The van der Waals surface area contributed by atoms with Gasteiger partial charge in [0.1, 0.15) is 0 Å². The zero-order valence-electron chi connectivity index (χ0n) is 19.4. The molecule has 0 bridgehead atoms. The maximum atomic E-state index is 13.3. The summed E-state index contributed by atoms with van der Waals surface area (Å²) in [4.78, 5) is 38.0. The summed E-state index contributed by atoms with van der Waals surface area (Å²) >= 11 is 0. The van der Waals surface area contributed by atoms with E-state index in [0.29, 0.717) is 23.3 Å². The van der Waals surface area contributed by atoms with Crippen molar-refractivity contribution in [2.24, 2.45) is 5.73 Å². The van der Waals surface area contributed by atoms with Gasteiger partial charge in [-0.3, -0.25) is 15.0 Å². The van der Waals surface area contributed by atoms with Gasteiger partial charge in [0.15, 0.2) is 0 Å². The number of amides is 2. The lowest BCUT2D eigenvalue weighted by Crippen LogP contribution is -2.39. The molecule has 1 atom stereocenters. The molecule has 1 aromatic carbocycles. The maximum Gasteiger partial charge on any atom is 0.336 e. The smallest absolute Gasteiger partial charge is 0.336 e. The summed E-state index contributed by atoms with van der Waals surface area (Å²) in [5.74, 6) is 1.07. The second-order valence-electron chi connectivity index (χ2n) is 7.96. The molecule has 33 heavy (non-hydrogen) atoms. The van der Waals surface area contributed by atoms with Gasteiger partial charge >= 0.3 is 12.0 Å². The third-order valence-electron chi connectivity index (χ3n) is 5.82. The number of terminal acetylenes is 1. The predicted molar refractivity (Wildman–Crippen MR) is 126 cm³/mol. The highest BCUT2D eigenvalue weighted by molar-refractivity contribution is 5.94. The van der Waals surface area contributed by atoms with Gasteiger partial charge in [0, 0.05) is 35.4 Å². The summed E-state index contributed by atoms with van der Waals surface area (Å²) in [5.41, 5.74) is 7.16. The third kappa shape index (κ3) is 5.80.